The van der Waals surface area contributed by atoms with Crippen molar-refractivity contribution < 1.29 is 27.8 Å². The van der Waals surface area contributed by atoms with Gasteiger partial charge in [0.1, 0.15) is 5.75 Å². The van der Waals surface area contributed by atoms with Crippen LogP contribution in [0.2, 0.25) is 5.02 Å². The van der Waals surface area contributed by atoms with Crippen molar-refractivity contribution in [3.63, 3.8) is 0 Å². The third-order valence-electron chi connectivity index (χ3n) is 3.38. The number of ether oxygens (including phenoxy) is 3. The van der Waals surface area contributed by atoms with Crippen molar-refractivity contribution in [2.45, 2.75) is 20.1 Å². The first-order valence-corrected chi connectivity index (χ1v) is 8.15. The number of hydrogen-bond donors (Lipinski definition) is 1. The smallest absolute Gasteiger partial charge is 0.387 e. The summed E-state index contributed by atoms with van der Waals surface area (Å²) in [6.45, 7) is -0.654. The molecule has 0 fully saturated rings. The number of carbonyl (C=O) groups is 1. The lowest BCUT2D eigenvalue weighted by Crippen LogP contribution is -2.24. The van der Waals surface area contributed by atoms with Crippen LogP contribution in [0.1, 0.15) is 22.8 Å². The van der Waals surface area contributed by atoms with Crippen molar-refractivity contribution in [2.24, 2.45) is 0 Å². The van der Waals surface area contributed by atoms with E-state index in [4.69, 9.17) is 21.1 Å². The fraction of sp³-hybridized carbons (Fsp3) is 0.278. The first-order valence-electron chi connectivity index (χ1n) is 7.77. The van der Waals surface area contributed by atoms with Crippen molar-refractivity contribution >= 4 is 17.5 Å². The first-order chi connectivity index (χ1) is 12.5. The molecule has 2 aromatic rings. The van der Waals surface area contributed by atoms with Gasteiger partial charge in [0.05, 0.1) is 24.3 Å². The predicted molar refractivity (Wildman–Crippen MR) is 93.4 cm³/mol. The van der Waals surface area contributed by atoms with Gasteiger partial charge < -0.3 is 19.5 Å². The molecule has 0 aliphatic heterocycles. The molecule has 0 saturated carbocycles. The Kier molecular flexibility index (Phi) is 7.03. The number of amides is 1. The Bertz CT molecular complexity index is 771. The summed E-state index contributed by atoms with van der Waals surface area (Å²) in [4.78, 5) is 12.3. The van der Waals surface area contributed by atoms with Crippen molar-refractivity contribution in [2.75, 3.05) is 13.7 Å². The Morgan fingerprint density at radius 3 is 2.62 bits per heavy atom. The lowest BCUT2D eigenvalue weighted by molar-refractivity contribution is -0.0501. The Morgan fingerprint density at radius 2 is 1.96 bits per heavy atom. The van der Waals surface area contributed by atoms with Gasteiger partial charge in [0, 0.05) is 6.54 Å². The monoisotopic (exact) mass is 385 g/mol. The summed E-state index contributed by atoms with van der Waals surface area (Å²) in [5, 5.41) is 2.98. The minimum absolute atomic E-state index is 0.0109. The molecule has 1 N–H and O–H groups in total. The largest absolute Gasteiger partial charge is 0.493 e. The first kappa shape index (κ1) is 19.8. The number of alkyl halides is 2. The van der Waals surface area contributed by atoms with E-state index in [-0.39, 0.29) is 17.9 Å². The van der Waals surface area contributed by atoms with Crippen LogP contribution >= 0.6 is 11.6 Å². The van der Waals surface area contributed by atoms with Crippen LogP contribution in [0, 0.1) is 0 Å². The Labute approximate surface area is 154 Å². The van der Waals surface area contributed by atoms with E-state index in [1.165, 1.54) is 25.3 Å². The van der Waals surface area contributed by atoms with E-state index in [1.54, 1.807) is 18.2 Å². The van der Waals surface area contributed by atoms with Crippen LogP contribution in [0.5, 0.6) is 17.2 Å². The van der Waals surface area contributed by atoms with E-state index in [9.17, 15) is 13.6 Å². The van der Waals surface area contributed by atoms with Crippen LogP contribution < -0.4 is 19.5 Å². The number of halogens is 3. The average Bonchev–Trinajstić information content (AvgIpc) is 2.61. The van der Waals surface area contributed by atoms with Crippen LogP contribution in [0.25, 0.3) is 0 Å². The second-order valence-corrected chi connectivity index (χ2v) is 5.51. The van der Waals surface area contributed by atoms with Gasteiger partial charge in [-0.15, -0.1) is 0 Å². The fourth-order valence-corrected chi connectivity index (χ4v) is 2.58. The molecule has 0 unspecified atom stereocenters. The van der Waals surface area contributed by atoms with Crippen molar-refractivity contribution in [3.8, 4) is 17.2 Å². The molecule has 5 nitrogen and oxygen atoms in total. The molecule has 2 rings (SSSR count). The van der Waals surface area contributed by atoms with Gasteiger partial charge in [-0.05, 0) is 36.8 Å². The lowest BCUT2D eigenvalue weighted by atomic mass is 10.1. The summed E-state index contributed by atoms with van der Waals surface area (Å²) in [6, 6.07) is 9.09. The number of hydrogen-bond acceptors (Lipinski definition) is 4. The number of para-hydroxylation sites is 1. The SMILES string of the molecule is CCOc1c(Cl)cc(CNC(=O)c2ccccc2OC(F)F)cc1OC. The molecule has 140 valence electrons. The number of rotatable bonds is 8. The summed E-state index contributed by atoms with van der Waals surface area (Å²) in [6.07, 6.45) is 0. The van der Waals surface area contributed by atoms with Crippen molar-refractivity contribution in [1.29, 1.82) is 0 Å². The molecule has 2 aromatic carbocycles. The summed E-state index contributed by atoms with van der Waals surface area (Å²) >= 11 is 6.19. The van der Waals surface area contributed by atoms with E-state index in [1.807, 2.05) is 6.92 Å². The van der Waals surface area contributed by atoms with Crippen LogP contribution in [-0.4, -0.2) is 26.2 Å². The van der Waals surface area contributed by atoms with Gasteiger partial charge >= 0.3 is 6.61 Å². The molecule has 0 aliphatic rings. The maximum absolute atomic E-state index is 12.4. The summed E-state index contributed by atoms with van der Waals surface area (Å²) in [5.41, 5.74) is 0.674. The second-order valence-electron chi connectivity index (χ2n) is 5.10. The van der Waals surface area contributed by atoms with Gasteiger partial charge in [0.2, 0.25) is 0 Å². The molecule has 1 amide bonds. The Morgan fingerprint density at radius 1 is 1.23 bits per heavy atom. The molecular weight excluding hydrogens is 368 g/mol. The molecular formula is C18H18ClF2NO4. The number of benzene rings is 2. The maximum Gasteiger partial charge on any atom is 0.387 e. The quantitative estimate of drug-likeness (QED) is 0.737. The molecule has 26 heavy (non-hydrogen) atoms. The molecule has 0 spiro atoms. The summed E-state index contributed by atoms with van der Waals surface area (Å²) in [7, 11) is 1.48. The standard InChI is InChI=1S/C18H18ClF2NO4/c1-3-25-16-13(19)8-11(9-15(16)24-2)10-22-17(23)12-6-4-5-7-14(12)26-18(20)21/h4-9,18H,3,10H2,1-2H3,(H,22,23). The topological polar surface area (TPSA) is 56.8 Å². The minimum Gasteiger partial charge on any atom is -0.493 e. The molecule has 8 heteroatoms. The van der Waals surface area contributed by atoms with Crippen LogP contribution in [0.4, 0.5) is 8.78 Å². The number of methoxy groups -OCH3 is 1. The number of nitrogens with one attached hydrogen (secondary N) is 1. The van der Waals surface area contributed by atoms with Gasteiger partial charge in [-0.2, -0.15) is 8.78 Å². The zero-order valence-electron chi connectivity index (χ0n) is 14.2. The normalized spacial score (nSPS) is 10.5. The van der Waals surface area contributed by atoms with Crippen LogP contribution in [0.3, 0.4) is 0 Å². The van der Waals surface area contributed by atoms with Crippen molar-refractivity contribution in [1.82, 2.24) is 5.32 Å². The van der Waals surface area contributed by atoms with Gasteiger partial charge in [-0.25, -0.2) is 0 Å². The number of carbonyl (C=O) groups excluding carboxylic acids is 1. The molecule has 0 heterocycles. The summed E-state index contributed by atoms with van der Waals surface area (Å²) < 4.78 is 39.9. The maximum atomic E-state index is 12.4. The van der Waals surface area contributed by atoms with E-state index in [0.29, 0.717) is 28.7 Å². The highest BCUT2D eigenvalue weighted by molar-refractivity contribution is 6.32. The third-order valence-corrected chi connectivity index (χ3v) is 3.66. The Balaban J connectivity index is 2.14. The van der Waals surface area contributed by atoms with Gasteiger partial charge in [0.15, 0.2) is 11.5 Å². The van der Waals surface area contributed by atoms with E-state index in [2.05, 4.69) is 10.1 Å². The van der Waals surface area contributed by atoms with Crippen molar-refractivity contribution in [3.05, 3.63) is 52.5 Å². The highest BCUT2D eigenvalue weighted by atomic mass is 35.5. The van der Waals surface area contributed by atoms with Gasteiger partial charge in [-0.1, -0.05) is 23.7 Å². The van der Waals surface area contributed by atoms with Gasteiger partial charge in [0.25, 0.3) is 5.91 Å². The lowest BCUT2D eigenvalue weighted by Gasteiger charge is -2.14. The molecule has 0 aromatic heterocycles. The summed E-state index contributed by atoms with van der Waals surface area (Å²) in [5.74, 6) is 0.111. The zero-order chi connectivity index (χ0) is 19.1. The predicted octanol–water partition coefficient (Wildman–Crippen LogP) is 4.28. The highest BCUT2D eigenvalue weighted by Crippen LogP contribution is 2.36. The van der Waals surface area contributed by atoms with E-state index < -0.39 is 12.5 Å². The van der Waals surface area contributed by atoms with E-state index in [0.717, 1.165) is 0 Å². The van der Waals surface area contributed by atoms with Crippen LogP contribution in [-0.2, 0) is 6.54 Å². The van der Waals surface area contributed by atoms with Gasteiger partial charge in [-0.3, -0.25) is 4.79 Å². The average molecular weight is 386 g/mol. The zero-order valence-corrected chi connectivity index (χ0v) is 15.0. The fourth-order valence-electron chi connectivity index (χ4n) is 2.29. The molecule has 0 atom stereocenters. The Hall–Kier alpha value is -2.54. The second kappa shape index (κ2) is 9.24. The molecule has 0 bridgehead atoms. The molecule has 0 aliphatic carbocycles. The third kappa shape index (κ3) is 4.98. The molecule has 0 saturated heterocycles. The molecule has 0 radical (unpaired) electrons. The highest BCUT2D eigenvalue weighted by Gasteiger charge is 2.16. The minimum atomic E-state index is -3.02. The van der Waals surface area contributed by atoms with E-state index >= 15 is 0 Å². The van der Waals surface area contributed by atoms with Crippen LogP contribution in [0.15, 0.2) is 36.4 Å².